The maximum absolute atomic E-state index is 15.2. The van der Waals surface area contributed by atoms with E-state index in [2.05, 4.69) is 9.47 Å². The molecule has 2 nitrogen and oxygen atoms in total. The average molecular weight is 738 g/mol. The number of unbranched alkanes of at least 4 members (excludes halogenated alkanes) is 5. The molecular formula is C22H24F22O2. The first-order valence-corrected chi connectivity index (χ1v) is 12.3. The van der Waals surface area contributed by atoms with Crippen molar-refractivity contribution in [2.75, 3.05) is 14.2 Å². The summed E-state index contributed by atoms with van der Waals surface area (Å²) in [6.07, 6.45) is -19.6. The van der Waals surface area contributed by atoms with Crippen molar-refractivity contribution < 1.29 is 106 Å². The first-order chi connectivity index (χ1) is 20.1. The first-order valence-electron chi connectivity index (χ1n) is 12.3. The Morgan fingerprint density at radius 2 is 0.696 bits per heavy atom. The van der Waals surface area contributed by atoms with Gasteiger partial charge in [-0.2, -0.15) is 96.6 Å². The lowest BCUT2D eigenvalue weighted by molar-refractivity contribution is -0.481. The zero-order valence-corrected chi connectivity index (χ0v) is 23.2. The molecule has 0 spiro atoms. The molecule has 0 heterocycles. The van der Waals surface area contributed by atoms with Gasteiger partial charge in [-0.05, 0) is 6.42 Å². The molecule has 0 saturated carbocycles. The second-order valence-corrected chi connectivity index (χ2v) is 9.82. The minimum Gasteiger partial charge on any atom is -0.348 e. The summed E-state index contributed by atoms with van der Waals surface area (Å²) in [5, 5.41) is 0. The Kier molecular flexibility index (Phi) is 12.9. The molecule has 0 saturated heterocycles. The molecule has 0 aliphatic carbocycles. The molecule has 278 valence electrons. The third-order valence-corrected chi connectivity index (χ3v) is 6.89. The highest BCUT2D eigenvalue weighted by Gasteiger charge is 2.94. The third-order valence-electron chi connectivity index (χ3n) is 6.89. The molecule has 24 heteroatoms. The van der Waals surface area contributed by atoms with Crippen LogP contribution in [0.2, 0.25) is 0 Å². The van der Waals surface area contributed by atoms with E-state index < -0.39 is 105 Å². The van der Waals surface area contributed by atoms with Gasteiger partial charge in [-0.3, -0.25) is 0 Å². The number of halogens is 22. The summed E-state index contributed by atoms with van der Waals surface area (Å²) in [6.45, 7) is 1.57. The SMILES string of the molecule is CCCCCCCCC(C(F)(F)C(F)(F)C(F)(F)C(F)(F)C(F)(F)F)C(OC)(OC)C(F)(F)C(F)(F)C(F)(F)C(F)(F)C(F)(F)F. The zero-order chi connectivity index (χ0) is 37.4. The largest absolute Gasteiger partial charge is 0.460 e. The normalized spacial score (nSPS) is 16.6. The van der Waals surface area contributed by atoms with Crippen molar-refractivity contribution in [3.05, 3.63) is 0 Å². The molecule has 46 heavy (non-hydrogen) atoms. The summed E-state index contributed by atoms with van der Waals surface area (Å²) >= 11 is 0. The van der Waals surface area contributed by atoms with Gasteiger partial charge in [-0.15, -0.1) is 0 Å². The van der Waals surface area contributed by atoms with E-state index in [0.29, 0.717) is 12.8 Å². The highest BCUT2D eigenvalue weighted by molar-refractivity contribution is 5.16. The number of ether oxygens (including phenoxy) is 2. The van der Waals surface area contributed by atoms with Crippen LogP contribution in [0, 0.1) is 5.92 Å². The Morgan fingerprint density at radius 1 is 0.391 bits per heavy atom. The fourth-order valence-corrected chi connectivity index (χ4v) is 4.18. The molecule has 0 fully saturated rings. The molecule has 1 unspecified atom stereocenters. The number of methoxy groups -OCH3 is 2. The van der Waals surface area contributed by atoms with Gasteiger partial charge >= 0.3 is 59.7 Å². The van der Waals surface area contributed by atoms with E-state index in [1.165, 1.54) is 0 Å². The number of hydrogen-bond acceptors (Lipinski definition) is 2. The maximum atomic E-state index is 15.2. The van der Waals surface area contributed by atoms with E-state index in [1.54, 1.807) is 6.92 Å². The highest BCUT2D eigenvalue weighted by Crippen LogP contribution is 2.65. The van der Waals surface area contributed by atoms with Crippen molar-refractivity contribution in [3.8, 4) is 0 Å². The van der Waals surface area contributed by atoms with E-state index >= 15 is 17.6 Å². The van der Waals surface area contributed by atoms with E-state index in [-0.39, 0.29) is 12.8 Å². The van der Waals surface area contributed by atoms with Crippen LogP contribution in [0.1, 0.15) is 51.9 Å². The number of alkyl halides is 22. The lowest BCUT2D eigenvalue weighted by Crippen LogP contribution is -2.77. The van der Waals surface area contributed by atoms with Gasteiger partial charge in [0.2, 0.25) is 5.79 Å². The van der Waals surface area contributed by atoms with Gasteiger partial charge in [0, 0.05) is 14.2 Å². The van der Waals surface area contributed by atoms with Gasteiger partial charge in [0.05, 0.1) is 5.92 Å². The average Bonchev–Trinajstić information content (AvgIpc) is 2.87. The minimum absolute atomic E-state index is 0.0935. The van der Waals surface area contributed by atoms with E-state index in [0.717, 1.165) is 0 Å². The Hall–Kier alpha value is -1.62. The van der Waals surface area contributed by atoms with Crippen LogP contribution >= 0.6 is 0 Å². The fraction of sp³-hybridized carbons (Fsp3) is 1.00. The maximum Gasteiger partial charge on any atom is 0.460 e. The molecule has 0 aliphatic heterocycles. The van der Waals surface area contributed by atoms with Crippen LogP contribution in [0.4, 0.5) is 96.6 Å². The van der Waals surface area contributed by atoms with Crippen LogP contribution in [0.15, 0.2) is 0 Å². The molecule has 1 atom stereocenters. The molecule has 0 aromatic rings. The van der Waals surface area contributed by atoms with Crippen molar-refractivity contribution in [2.45, 2.75) is 117 Å². The Bertz CT molecular complexity index is 979. The number of hydrogen-bond donors (Lipinski definition) is 0. The molecule has 0 bridgehead atoms. The second kappa shape index (κ2) is 13.4. The number of rotatable bonds is 18. The quantitative estimate of drug-likeness (QED) is 0.0792. The smallest absolute Gasteiger partial charge is 0.348 e. The van der Waals surface area contributed by atoms with Gasteiger partial charge in [0.25, 0.3) is 0 Å². The molecule has 0 N–H and O–H groups in total. The zero-order valence-electron chi connectivity index (χ0n) is 23.2. The second-order valence-electron chi connectivity index (χ2n) is 9.82. The van der Waals surface area contributed by atoms with E-state index in [9.17, 15) is 79.0 Å². The Morgan fingerprint density at radius 3 is 1.02 bits per heavy atom. The van der Waals surface area contributed by atoms with Gasteiger partial charge in [0.1, 0.15) is 0 Å². The monoisotopic (exact) mass is 738 g/mol. The van der Waals surface area contributed by atoms with Crippen LogP contribution in [0.3, 0.4) is 0 Å². The van der Waals surface area contributed by atoms with Crippen molar-refractivity contribution >= 4 is 0 Å². The lowest BCUT2D eigenvalue weighted by Gasteiger charge is -2.50. The fourth-order valence-electron chi connectivity index (χ4n) is 4.18. The molecule has 0 aliphatic rings. The Labute approximate surface area is 244 Å². The molecule has 0 aromatic heterocycles. The van der Waals surface area contributed by atoms with E-state index in [1.807, 2.05) is 0 Å². The van der Waals surface area contributed by atoms with Crippen LogP contribution in [0.25, 0.3) is 0 Å². The lowest BCUT2D eigenvalue weighted by atomic mass is 9.75. The predicted octanol–water partition coefficient (Wildman–Crippen LogP) is 10.5. The molecule has 0 rings (SSSR count). The third kappa shape index (κ3) is 6.53. The van der Waals surface area contributed by atoms with Gasteiger partial charge in [-0.1, -0.05) is 45.4 Å². The van der Waals surface area contributed by atoms with Gasteiger partial charge in [-0.25, -0.2) is 0 Å². The van der Waals surface area contributed by atoms with E-state index in [4.69, 9.17) is 0 Å². The molecule has 0 radical (unpaired) electrons. The molecule has 0 amide bonds. The summed E-state index contributed by atoms with van der Waals surface area (Å²) in [7, 11) is -1.25. The summed E-state index contributed by atoms with van der Waals surface area (Å²) < 4.78 is 311. The first kappa shape index (κ1) is 44.4. The van der Waals surface area contributed by atoms with Crippen LogP contribution in [-0.4, -0.2) is 79.7 Å². The topological polar surface area (TPSA) is 18.5 Å². The van der Waals surface area contributed by atoms with Gasteiger partial charge in [0.15, 0.2) is 0 Å². The van der Waals surface area contributed by atoms with Crippen molar-refractivity contribution in [1.82, 2.24) is 0 Å². The molecular weight excluding hydrogens is 714 g/mol. The van der Waals surface area contributed by atoms with Crippen molar-refractivity contribution in [1.29, 1.82) is 0 Å². The van der Waals surface area contributed by atoms with Crippen molar-refractivity contribution in [3.63, 3.8) is 0 Å². The Balaban J connectivity index is 7.78. The highest BCUT2D eigenvalue weighted by atomic mass is 19.4. The van der Waals surface area contributed by atoms with Crippen LogP contribution < -0.4 is 0 Å². The predicted molar refractivity (Wildman–Crippen MR) is 110 cm³/mol. The summed E-state index contributed by atoms with van der Waals surface area (Å²) in [6, 6.07) is 0. The summed E-state index contributed by atoms with van der Waals surface area (Å²) in [5.74, 6) is -76.8. The van der Waals surface area contributed by atoms with Gasteiger partial charge < -0.3 is 9.47 Å². The van der Waals surface area contributed by atoms with Crippen molar-refractivity contribution in [2.24, 2.45) is 5.92 Å². The van der Waals surface area contributed by atoms with Crippen LogP contribution in [-0.2, 0) is 9.47 Å². The minimum atomic E-state index is -8.44. The summed E-state index contributed by atoms with van der Waals surface area (Å²) in [4.78, 5) is 0. The standard InChI is InChI=1S/C22H24F22O2/c1-4-5-6-7-8-9-10-11(12(23,24)14(25,26)16(29,30)19(35,36)21(39,40)41)13(45-2,46-3)15(27,28)17(31,32)18(33,34)20(37,38)22(42,43)44/h11H,4-10H2,1-3H3. The van der Waals surface area contributed by atoms with Crippen LogP contribution in [0.5, 0.6) is 0 Å². The summed E-state index contributed by atoms with van der Waals surface area (Å²) in [5.41, 5.74) is 0. The molecule has 0 aromatic carbocycles.